The van der Waals surface area contributed by atoms with E-state index in [1.54, 1.807) is 30.1 Å². The van der Waals surface area contributed by atoms with Gasteiger partial charge in [0.15, 0.2) is 0 Å². The molecule has 19 heavy (non-hydrogen) atoms. The summed E-state index contributed by atoms with van der Waals surface area (Å²) in [4.78, 5) is 26.5. The molecular weight excluding hydrogens is 268 g/mol. The topological polar surface area (TPSA) is 78.7 Å². The Hall–Kier alpha value is -1.95. The minimum absolute atomic E-state index is 0.0177. The van der Waals surface area contributed by atoms with E-state index in [9.17, 15) is 9.59 Å². The van der Waals surface area contributed by atoms with Crippen molar-refractivity contribution in [3.05, 3.63) is 23.2 Å². The molecule has 0 aromatic heterocycles. The molecule has 1 aliphatic rings. The van der Waals surface area contributed by atoms with E-state index in [0.29, 0.717) is 29.5 Å². The summed E-state index contributed by atoms with van der Waals surface area (Å²) < 4.78 is 0. The lowest BCUT2D eigenvalue weighted by molar-refractivity contribution is -0.116. The maximum Gasteiger partial charge on any atom is 0.320 e. The van der Waals surface area contributed by atoms with Gasteiger partial charge in [0.1, 0.15) is 6.54 Å². The van der Waals surface area contributed by atoms with Crippen LogP contribution >= 0.6 is 11.6 Å². The molecule has 1 heterocycles. The molecule has 1 aromatic carbocycles. The van der Waals surface area contributed by atoms with Gasteiger partial charge >= 0.3 is 6.03 Å². The molecule has 3 N–H and O–H groups in total. The predicted octanol–water partition coefficient (Wildman–Crippen LogP) is 1.23. The Kier molecular flexibility index (Phi) is 3.80. The standard InChI is InChI=1S/C12H15ClN4O2/c1-16-4-5-17(12(16)19)7-11(18)15-10-3-2-8(14)6-9(10)13/h2-3,6H,4-5,7,14H2,1H3,(H,15,18). The second kappa shape index (κ2) is 5.36. The molecule has 6 nitrogen and oxygen atoms in total. The summed E-state index contributed by atoms with van der Waals surface area (Å²) in [5, 5.41) is 3.03. The van der Waals surface area contributed by atoms with Crippen molar-refractivity contribution in [3.8, 4) is 0 Å². The number of nitrogens with one attached hydrogen (secondary N) is 1. The highest BCUT2D eigenvalue weighted by Gasteiger charge is 2.26. The summed E-state index contributed by atoms with van der Waals surface area (Å²) in [5.41, 5.74) is 6.58. The smallest absolute Gasteiger partial charge is 0.320 e. The van der Waals surface area contributed by atoms with Gasteiger partial charge in [-0.2, -0.15) is 0 Å². The van der Waals surface area contributed by atoms with E-state index in [1.165, 1.54) is 4.90 Å². The van der Waals surface area contributed by atoms with Crippen LogP contribution in [0.15, 0.2) is 18.2 Å². The molecule has 1 fully saturated rings. The normalized spacial score (nSPS) is 14.9. The summed E-state index contributed by atoms with van der Waals surface area (Å²) in [6.45, 7) is 1.21. The maximum absolute atomic E-state index is 11.8. The van der Waals surface area contributed by atoms with Crippen LogP contribution in [0, 0.1) is 0 Å². The SMILES string of the molecule is CN1CCN(CC(=O)Nc2ccc(N)cc2Cl)C1=O. The third kappa shape index (κ3) is 3.08. The quantitative estimate of drug-likeness (QED) is 0.819. The zero-order valence-electron chi connectivity index (χ0n) is 10.5. The first-order valence-electron chi connectivity index (χ1n) is 5.82. The van der Waals surface area contributed by atoms with Crippen molar-refractivity contribution in [1.29, 1.82) is 0 Å². The average molecular weight is 283 g/mol. The van der Waals surface area contributed by atoms with Crippen LogP contribution in [0.5, 0.6) is 0 Å². The van der Waals surface area contributed by atoms with Crippen LogP contribution in [0.25, 0.3) is 0 Å². The van der Waals surface area contributed by atoms with Gasteiger partial charge in [-0.25, -0.2) is 4.79 Å². The van der Waals surface area contributed by atoms with Crippen LogP contribution in [-0.4, -0.2) is 48.4 Å². The molecule has 7 heteroatoms. The fourth-order valence-corrected chi connectivity index (χ4v) is 2.08. The van der Waals surface area contributed by atoms with Crippen molar-refractivity contribution in [3.63, 3.8) is 0 Å². The number of likely N-dealkylation sites (N-methyl/N-ethyl adjacent to an activating group) is 1. The molecule has 0 atom stereocenters. The number of carbonyl (C=O) groups excluding carboxylic acids is 2. The highest BCUT2D eigenvalue weighted by molar-refractivity contribution is 6.34. The Morgan fingerprint density at radius 3 is 2.79 bits per heavy atom. The number of nitrogen functional groups attached to an aromatic ring is 1. The van der Waals surface area contributed by atoms with Gasteiger partial charge in [-0.1, -0.05) is 11.6 Å². The molecule has 0 aliphatic carbocycles. The number of halogens is 1. The van der Waals surface area contributed by atoms with Crippen molar-refractivity contribution in [2.75, 3.05) is 37.7 Å². The van der Waals surface area contributed by atoms with Crippen molar-refractivity contribution in [1.82, 2.24) is 9.80 Å². The summed E-state index contributed by atoms with van der Waals surface area (Å²) >= 11 is 5.96. The Balaban J connectivity index is 1.96. The van der Waals surface area contributed by atoms with Crippen molar-refractivity contribution in [2.24, 2.45) is 0 Å². The molecule has 0 spiro atoms. The van der Waals surface area contributed by atoms with E-state index in [2.05, 4.69) is 5.32 Å². The first kappa shape index (κ1) is 13.5. The highest BCUT2D eigenvalue weighted by Crippen LogP contribution is 2.24. The molecular formula is C12H15ClN4O2. The Morgan fingerprint density at radius 2 is 2.21 bits per heavy atom. The zero-order chi connectivity index (χ0) is 14.0. The number of anilines is 2. The van der Waals surface area contributed by atoms with E-state index in [-0.39, 0.29) is 18.5 Å². The molecule has 102 valence electrons. The second-order valence-electron chi connectivity index (χ2n) is 4.41. The number of benzene rings is 1. The molecule has 1 aliphatic heterocycles. The molecule has 1 saturated heterocycles. The molecule has 3 amide bonds. The van der Waals surface area contributed by atoms with Crippen LogP contribution in [0.1, 0.15) is 0 Å². The first-order valence-corrected chi connectivity index (χ1v) is 6.20. The summed E-state index contributed by atoms with van der Waals surface area (Å²) in [7, 11) is 1.71. The minimum Gasteiger partial charge on any atom is -0.399 e. The van der Waals surface area contributed by atoms with Crippen molar-refractivity contribution < 1.29 is 9.59 Å². The lowest BCUT2D eigenvalue weighted by atomic mass is 10.3. The first-order chi connectivity index (χ1) is 8.97. The van der Waals surface area contributed by atoms with Gasteiger partial charge < -0.3 is 20.9 Å². The molecule has 2 rings (SSSR count). The van der Waals surface area contributed by atoms with Crippen LogP contribution in [0.4, 0.5) is 16.2 Å². The minimum atomic E-state index is -0.282. The molecule has 0 unspecified atom stereocenters. The largest absolute Gasteiger partial charge is 0.399 e. The molecule has 0 radical (unpaired) electrons. The van der Waals surface area contributed by atoms with E-state index in [1.807, 2.05) is 0 Å². The average Bonchev–Trinajstić information content (AvgIpc) is 2.65. The monoisotopic (exact) mass is 282 g/mol. The van der Waals surface area contributed by atoms with Gasteiger partial charge in [-0.15, -0.1) is 0 Å². The summed E-state index contributed by atoms with van der Waals surface area (Å²) in [5.74, 6) is -0.282. The lowest BCUT2D eigenvalue weighted by Crippen LogP contribution is -2.36. The number of hydrogen-bond acceptors (Lipinski definition) is 3. The molecule has 0 saturated carbocycles. The van der Waals surface area contributed by atoms with E-state index < -0.39 is 0 Å². The van der Waals surface area contributed by atoms with Gasteiger partial charge in [-0.05, 0) is 18.2 Å². The third-order valence-corrected chi connectivity index (χ3v) is 3.22. The highest BCUT2D eigenvalue weighted by atomic mass is 35.5. The van der Waals surface area contributed by atoms with Crippen molar-refractivity contribution in [2.45, 2.75) is 0 Å². The van der Waals surface area contributed by atoms with Crippen molar-refractivity contribution >= 4 is 34.9 Å². The number of nitrogens with zero attached hydrogens (tertiary/aromatic N) is 2. The summed E-state index contributed by atoms with van der Waals surface area (Å²) in [6.07, 6.45) is 0. The number of carbonyl (C=O) groups is 2. The fraction of sp³-hybridized carbons (Fsp3) is 0.333. The Morgan fingerprint density at radius 1 is 1.47 bits per heavy atom. The van der Waals surface area contributed by atoms with E-state index in [4.69, 9.17) is 17.3 Å². The van der Waals surface area contributed by atoms with Crippen LogP contribution < -0.4 is 11.1 Å². The fourth-order valence-electron chi connectivity index (χ4n) is 1.85. The number of nitrogens with two attached hydrogens (primary N) is 1. The maximum atomic E-state index is 11.8. The van der Waals surface area contributed by atoms with Crippen LogP contribution in [0.2, 0.25) is 5.02 Å². The van der Waals surface area contributed by atoms with E-state index in [0.717, 1.165) is 0 Å². The van der Waals surface area contributed by atoms with E-state index >= 15 is 0 Å². The van der Waals surface area contributed by atoms with Gasteiger partial charge in [0.05, 0.1) is 10.7 Å². The number of rotatable bonds is 3. The number of hydrogen-bond donors (Lipinski definition) is 2. The predicted molar refractivity (Wildman–Crippen MR) is 74.1 cm³/mol. The van der Waals surface area contributed by atoms with Gasteiger partial charge in [-0.3, -0.25) is 4.79 Å². The molecule has 1 aromatic rings. The number of amides is 3. The second-order valence-corrected chi connectivity index (χ2v) is 4.82. The molecule has 0 bridgehead atoms. The Labute approximate surface area is 116 Å². The third-order valence-electron chi connectivity index (χ3n) is 2.90. The lowest BCUT2D eigenvalue weighted by Gasteiger charge is -2.16. The Bertz CT molecular complexity index is 520. The van der Waals surface area contributed by atoms with Gasteiger partial charge in [0.25, 0.3) is 0 Å². The van der Waals surface area contributed by atoms with Crippen LogP contribution in [0.3, 0.4) is 0 Å². The zero-order valence-corrected chi connectivity index (χ0v) is 11.3. The summed E-state index contributed by atoms with van der Waals surface area (Å²) in [6, 6.07) is 4.70. The van der Waals surface area contributed by atoms with Gasteiger partial charge in [0.2, 0.25) is 5.91 Å². The van der Waals surface area contributed by atoms with Crippen LogP contribution in [-0.2, 0) is 4.79 Å². The number of urea groups is 1. The van der Waals surface area contributed by atoms with Gasteiger partial charge in [0, 0.05) is 25.8 Å².